The maximum atomic E-state index is 6.26. The number of nitrogens with zero attached hydrogens (tertiary/aromatic N) is 2. The molecule has 1 atom stereocenters. The van der Waals surface area contributed by atoms with Crippen molar-refractivity contribution in [1.82, 2.24) is 10.3 Å². The first-order chi connectivity index (χ1) is 9.63. The van der Waals surface area contributed by atoms with E-state index in [1.54, 1.807) is 0 Å². The van der Waals surface area contributed by atoms with Gasteiger partial charge in [-0.05, 0) is 42.7 Å². The highest BCUT2D eigenvalue weighted by molar-refractivity contribution is 6.31. The molecule has 3 rings (SSSR count). The summed E-state index contributed by atoms with van der Waals surface area (Å²) in [5.74, 6) is 2.63. The van der Waals surface area contributed by atoms with Gasteiger partial charge in [0.1, 0.15) is 5.82 Å². The molecule has 1 aromatic heterocycles. The molecule has 0 bridgehead atoms. The molecule has 3 nitrogen and oxygen atoms in total. The van der Waals surface area contributed by atoms with Crippen molar-refractivity contribution in [2.24, 2.45) is 11.8 Å². The lowest BCUT2D eigenvalue weighted by atomic mass is 9.95. The first kappa shape index (κ1) is 14.2. The fourth-order valence-electron chi connectivity index (χ4n) is 2.86. The minimum absolute atomic E-state index is 0.708. The van der Waals surface area contributed by atoms with Crippen molar-refractivity contribution in [3.63, 3.8) is 0 Å². The highest BCUT2D eigenvalue weighted by Crippen LogP contribution is 2.29. The van der Waals surface area contributed by atoms with Crippen molar-refractivity contribution in [2.75, 3.05) is 18.0 Å². The molecular formula is C16H24ClN3. The van der Waals surface area contributed by atoms with Crippen molar-refractivity contribution in [3.8, 4) is 0 Å². The third kappa shape index (κ3) is 3.26. The molecule has 1 saturated heterocycles. The number of pyridine rings is 1. The molecule has 110 valence electrons. The van der Waals surface area contributed by atoms with Gasteiger partial charge in [0, 0.05) is 31.9 Å². The lowest BCUT2D eigenvalue weighted by molar-refractivity contribution is 0.422. The predicted octanol–water partition coefficient (Wildman–Crippen LogP) is 3.47. The second-order valence-electron chi connectivity index (χ2n) is 6.53. The summed E-state index contributed by atoms with van der Waals surface area (Å²) in [6, 6.07) is 2.88. The first-order valence-electron chi connectivity index (χ1n) is 7.76. The van der Waals surface area contributed by atoms with Crippen molar-refractivity contribution < 1.29 is 0 Å². The molecule has 1 N–H and O–H groups in total. The van der Waals surface area contributed by atoms with Crippen LogP contribution in [0.15, 0.2) is 12.3 Å². The van der Waals surface area contributed by atoms with Gasteiger partial charge in [0.25, 0.3) is 0 Å². The molecule has 1 aliphatic carbocycles. The van der Waals surface area contributed by atoms with Crippen LogP contribution in [-0.4, -0.2) is 24.1 Å². The van der Waals surface area contributed by atoms with Gasteiger partial charge in [-0.15, -0.1) is 0 Å². The van der Waals surface area contributed by atoms with Gasteiger partial charge in [0.05, 0.1) is 5.02 Å². The number of aromatic nitrogens is 1. The van der Waals surface area contributed by atoms with Crippen LogP contribution in [0.25, 0.3) is 0 Å². The van der Waals surface area contributed by atoms with Crippen LogP contribution in [0.1, 0.15) is 38.7 Å². The number of nitrogens with one attached hydrogen (secondary N) is 1. The topological polar surface area (TPSA) is 28.2 Å². The average molecular weight is 294 g/mol. The molecule has 2 heterocycles. The molecule has 0 radical (unpaired) electrons. The molecular weight excluding hydrogens is 270 g/mol. The predicted molar refractivity (Wildman–Crippen MR) is 84.3 cm³/mol. The highest BCUT2D eigenvalue weighted by Gasteiger charge is 2.26. The van der Waals surface area contributed by atoms with Crippen LogP contribution in [0.2, 0.25) is 5.02 Å². The van der Waals surface area contributed by atoms with Crippen LogP contribution >= 0.6 is 11.6 Å². The molecule has 0 amide bonds. The van der Waals surface area contributed by atoms with Crippen LogP contribution in [0.5, 0.6) is 0 Å². The van der Waals surface area contributed by atoms with Gasteiger partial charge in [-0.2, -0.15) is 0 Å². The van der Waals surface area contributed by atoms with Crippen molar-refractivity contribution in [2.45, 2.75) is 45.7 Å². The summed E-state index contributed by atoms with van der Waals surface area (Å²) in [5, 5.41) is 4.31. The Labute approximate surface area is 126 Å². The Balaban J connectivity index is 1.68. The zero-order valence-corrected chi connectivity index (χ0v) is 13.2. The van der Waals surface area contributed by atoms with Crippen molar-refractivity contribution in [3.05, 3.63) is 22.8 Å². The zero-order chi connectivity index (χ0) is 14.1. The fourth-order valence-corrected chi connectivity index (χ4v) is 3.03. The number of rotatable bonds is 5. The molecule has 4 heteroatoms. The van der Waals surface area contributed by atoms with Crippen LogP contribution in [0.3, 0.4) is 0 Å². The van der Waals surface area contributed by atoms with Gasteiger partial charge in [0.2, 0.25) is 0 Å². The second kappa shape index (κ2) is 5.90. The first-order valence-corrected chi connectivity index (χ1v) is 8.14. The lowest BCUT2D eigenvalue weighted by Crippen LogP contribution is -2.23. The second-order valence-corrected chi connectivity index (χ2v) is 6.94. The molecule has 1 aromatic rings. The van der Waals surface area contributed by atoms with E-state index in [0.29, 0.717) is 6.04 Å². The molecule has 20 heavy (non-hydrogen) atoms. The minimum atomic E-state index is 0.708. The molecule has 2 fully saturated rings. The Kier molecular flexibility index (Phi) is 4.18. The Morgan fingerprint density at radius 2 is 2.20 bits per heavy atom. The molecule has 1 unspecified atom stereocenters. The molecule has 2 aliphatic rings. The number of hydrogen-bond acceptors (Lipinski definition) is 3. The number of halogens is 1. The summed E-state index contributed by atoms with van der Waals surface area (Å²) in [5.41, 5.74) is 1.18. The van der Waals surface area contributed by atoms with E-state index in [4.69, 9.17) is 11.6 Å². The summed E-state index contributed by atoms with van der Waals surface area (Å²) in [7, 11) is 0. The number of anilines is 1. The van der Waals surface area contributed by atoms with Gasteiger partial charge in [0.15, 0.2) is 0 Å². The molecule has 0 spiro atoms. The van der Waals surface area contributed by atoms with E-state index in [-0.39, 0.29) is 0 Å². The lowest BCUT2D eigenvalue weighted by Gasteiger charge is -2.20. The van der Waals surface area contributed by atoms with E-state index >= 15 is 0 Å². The molecule has 1 saturated carbocycles. The average Bonchev–Trinajstić information content (AvgIpc) is 3.12. The van der Waals surface area contributed by atoms with Crippen LogP contribution < -0.4 is 10.2 Å². The van der Waals surface area contributed by atoms with E-state index in [1.165, 1.54) is 24.8 Å². The molecule has 0 aromatic carbocycles. The van der Waals surface area contributed by atoms with Crippen molar-refractivity contribution in [1.29, 1.82) is 0 Å². The molecule has 1 aliphatic heterocycles. The quantitative estimate of drug-likeness (QED) is 0.901. The summed E-state index contributed by atoms with van der Waals surface area (Å²) < 4.78 is 0. The van der Waals surface area contributed by atoms with Gasteiger partial charge < -0.3 is 10.2 Å². The third-order valence-electron chi connectivity index (χ3n) is 4.57. The van der Waals surface area contributed by atoms with E-state index < -0.39 is 0 Å². The highest BCUT2D eigenvalue weighted by atomic mass is 35.5. The van der Waals surface area contributed by atoms with E-state index in [9.17, 15) is 0 Å². The Morgan fingerprint density at radius 1 is 1.40 bits per heavy atom. The fraction of sp³-hybridized carbons (Fsp3) is 0.688. The normalized spacial score (nSPS) is 22.8. The minimum Gasteiger partial charge on any atom is -0.356 e. The maximum absolute atomic E-state index is 6.26. The van der Waals surface area contributed by atoms with Gasteiger partial charge in [-0.25, -0.2) is 4.98 Å². The smallest absolute Gasteiger partial charge is 0.128 e. The van der Waals surface area contributed by atoms with Crippen LogP contribution in [0.4, 0.5) is 5.82 Å². The van der Waals surface area contributed by atoms with E-state index in [2.05, 4.69) is 35.1 Å². The largest absolute Gasteiger partial charge is 0.356 e. The SMILES string of the molecule is CC(C)C1CCN(c2cc(CNC3CC3)c(Cl)cn2)C1. The Morgan fingerprint density at radius 3 is 2.85 bits per heavy atom. The third-order valence-corrected chi connectivity index (χ3v) is 4.91. The van der Waals surface area contributed by atoms with Gasteiger partial charge in [-0.1, -0.05) is 25.4 Å². The van der Waals surface area contributed by atoms with E-state index in [0.717, 1.165) is 42.3 Å². The van der Waals surface area contributed by atoms with Crippen molar-refractivity contribution >= 4 is 17.4 Å². The maximum Gasteiger partial charge on any atom is 0.128 e. The van der Waals surface area contributed by atoms with Gasteiger partial charge >= 0.3 is 0 Å². The summed E-state index contributed by atoms with van der Waals surface area (Å²) >= 11 is 6.26. The summed E-state index contributed by atoms with van der Waals surface area (Å²) in [4.78, 5) is 6.93. The standard InChI is InChI=1S/C16H24ClN3/c1-11(2)12-5-6-20(10-12)16-7-13(15(17)9-19-16)8-18-14-3-4-14/h7,9,11-12,14,18H,3-6,8,10H2,1-2H3. The monoisotopic (exact) mass is 293 g/mol. The Hall–Kier alpha value is -0.800. The van der Waals surface area contributed by atoms with Gasteiger partial charge in [-0.3, -0.25) is 0 Å². The zero-order valence-electron chi connectivity index (χ0n) is 12.4. The number of hydrogen-bond donors (Lipinski definition) is 1. The summed E-state index contributed by atoms with van der Waals surface area (Å²) in [6.45, 7) is 7.73. The van der Waals surface area contributed by atoms with Crippen LogP contribution in [0, 0.1) is 11.8 Å². The van der Waals surface area contributed by atoms with Crippen LogP contribution in [-0.2, 0) is 6.54 Å². The van der Waals surface area contributed by atoms with E-state index in [1.807, 2.05) is 6.20 Å². The Bertz CT molecular complexity index is 471. The summed E-state index contributed by atoms with van der Waals surface area (Å²) in [6.07, 6.45) is 5.69.